The summed E-state index contributed by atoms with van der Waals surface area (Å²) in [4.78, 5) is 22.1. The molecule has 0 spiro atoms. The molecule has 1 saturated heterocycles. The maximum atomic E-state index is 13.0. The number of fused-ring (bicyclic) bond motifs is 2. The summed E-state index contributed by atoms with van der Waals surface area (Å²) >= 11 is 0. The van der Waals surface area contributed by atoms with E-state index in [-0.39, 0.29) is 5.91 Å². The number of carbonyl (C=O) groups excluding carboxylic acids is 1. The van der Waals surface area contributed by atoms with Gasteiger partial charge in [-0.25, -0.2) is 4.99 Å². The van der Waals surface area contributed by atoms with Gasteiger partial charge in [0.25, 0.3) is 5.91 Å². The summed E-state index contributed by atoms with van der Waals surface area (Å²) < 4.78 is 16.9. The molecular formula is C26H25N3O4. The average Bonchev–Trinajstić information content (AvgIpc) is 3.04. The molecule has 0 aromatic heterocycles. The number of nitrogens with zero attached hydrogens (tertiary/aromatic N) is 3. The van der Waals surface area contributed by atoms with Gasteiger partial charge in [-0.1, -0.05) is 18.2 Å². The fraction of sp³-hybridized carbons (Fsp3) is 0.231. The summed E-state index contributed by atoms with van der Waals surface area (Å²) in [6.07, 6.45) is 0. The Morgan fingerprint density at radius 3 is 2.39 bits per heavy atom. The van der Waals surface area contributed by atoms with Crippen LogP contribution < -0.4 is 14.2 Å². The molecule has 0 atom stereocenters. The first-order valence-electron chi connectivity index (χ1n) is 10.9. The zero-order valence-electron chi connectivity index (χ0n) is 18.7. The average molecular weight is 444 g/mol. The van der Waals surface area contributed by atoms with Crippen molar-refractivity contribution in [3.63, 3.8) is 0 Å². The van der Waals surface area contributed by atoms with Crippen LogP contribution in [0.3, 0.4) is 0 Å². The first kappa shape index (κ1) is 20.9. The number of piperazine rings is 1. The predicted octanol–water partition coefficient (Wildman–Crippen LogP) is 4.35. The summed E-state index contributed by atoms with van der Waals surface area (Å²) in [7, 11) is 3.25. The molecule has 3 aromatic rings. The second kappa shape index (κ2) is 8.86. The Balaban J connectivity index is 1.41. The molecule has 3 aromatic carbocycles. The van der Waals surface area contributed by atoms with Crippen molar-refractivity contribution in [2.24, 2.45) is 4.99 Å². The largest absolute Gasteiger partial charge is 0.497 e. The smallest absolute Gasteiger partial charge is 0.254 e. The first-order valence-corrected chi connectivity index (χ1v) is 10.9. The molecule has 2 heterocycles. The van der Waals surface area contributed by atoms with E-state index < -0.39 is 0 Å². The lowest BCUT2D eigenvalue weighted by molar-refractivity contribution is 0.0692. The molecule has 0 N–H and O–H groups in total. The van der Waals surface area contributed by atoms with E-state index in [0.29, 0.717) is 43.2 Å². The minimum atomic E-state index is 0.00658. The minimum Gasteiger partial charge on any atom is -0.497 e. The number of hydrogen-bond acceptors (Lipinski definition) is 6. The van der Waals surface area contributed by atoms with Gasteiger partial charge in [-0.05, 0) is 48.5 Å². The topological polar surface area (TPSA) is 63.6 Å². The lowest BCUT2D eigenvalue weighted by Crippen LogP contribution is -2.50. The van der Waals surface area contributed by atoms with Gasteiger partial charge >= 0.3 is 0 Å². The van der Waals surface area contributed by atoms with E-state index in [0.717, 1.165) is 28.6 Å². The van der Waals surface area contributed by atoms with Crippen LogP contribution in [0.15, 0.2) is 71.7 Å². The van der Waals surface area contributed by atoms with Crippen molar-refractivity contribution in [3.8, 4) is 23.0 Å². The van der Waals surface area contributed by atoms with Crippen LogP contribution in [0.4, 0.5) is 5.69 Å². The number of hydrogen-bond donors (Lipinski definition) is 0. The molecule has 0 radical (unpaired) electrons. The number of benzene rings is 3. The lowest BCUT2D eigenvalue weighted by atomic mass is 10.1. The molecule has 0 bridgehead atoms. The SMILES string of the molecule is COc1cccc(C(=O)N2CCN(C3=Nc4ccccc4Oc4ccc(OC)cc43)CC2)c1. The molecule has 33 heavy (non-hydrogen) atoms. The van der Waals surface area contributed by atoms with Crippen molar-refractivity contribution in [3.05, 3.63) is 77.9 Å². The number of para-hydroxylation sites is 2. The van der Waals surface area contributed by atoms with Gasteiger partial charge in [0.2, 0.25) is 0 Å². The van der Waals surface area contributed by atoms with Crippen LogP contribution in [0.2, 0.25) is 0 Å². The Labute approximate surface area is 192 Å². The van der Waals surface area contributed by atoms with E-state index in [1.54, 1.807) is 20.3 Å². The molecule has 0 saturated carbocycles. The van der Waals surface area contributed by atoms with E-state index >= 15 is 0 Å². The van der Waals surface area contributed by atoms with Crippen molar-refractivity contribution >= 4 is 17.4 Å². The number of carbonyl (C=O) groups is 1. The third-order valence-corrected chi connectivity index (χ3v) is 5.92. The summed E-state index contributed by atoms with van der Waals surface area (Å²) in [5.41, 5.74) is 2.28. The highest BCUT2D eigenvalue weighted by molar-refractivity contribution is 6.04. The molecule has 0 aliphatic carbocycles. The van der Waals surface area contributed by atoms with Gasteiger partial charge in [0, 0.05) is 31.7 Å². The van der Waals surface area contributed by atoms with E-state index in [2.05, 4.69) is 4.90 Å². The molecule has 7 nitrogen and oxygen atoms in total. The highest BCUT2D eigenvalue weighted by Gasteiger charge is 2.28. The molecule has 1 amide bonds. The van der Waals surface area contributed by atoms with Gasteiger partial charge in [-0.2, -0.15) is 0 Å². The van der Waals surface area contributed by atoms with Crippen molar-refractivity contribution in [1.29, 1.82) is 0 Å². The molecule has 2 aliphatic heterocycles. The number of methoxy groups -OCH3 is 2. The van der Waals surface area contributed by atoms with Gasteiger partial charge in [-0.3, -0.25) is 4.79 Å². The molecule has 7 heteroatoms. The molecule has 5 rings (SSSR count). The summed E-state index contributed by atoms with van der Waals surface area (Å²) in [5, 5.41) is 0. The molecule has 0 unspecified atom stereocenters. The Bertz CT molecular complexity index is 1220. The first-order chi connectivity index (χ1) is 16.2. The standard InChI is InChI=1S/C26H25N3O4/c1-31-19-7-5-6-18(16-19)26(30)29-14-12-28(13-15-29)25-21-17-20(32-2)10-11-23(21)33-24-9-4-3-8-22(24)27-25/h3-11,16-17H,12-15H2,1-2H3. The number of amidine groups is 1. The minimum absolute atomic E-state index is 0.00658. The normalized spacial score (nSPS) is 14.9. The van der Waals surface area contributed by atoms with Crippen LogP contribution in [-0.2, 0) is 0 Å². The van der Waals surface area contributed by atoms with E-state index in [4.69, 9.17) is 19.2 Å². The third-order valence-electron chi connectivity index (χ3n) is 5.92. The van der Waals surface area contributed by atoms with Gasteiger partial charge in [-0.15, -0.1) is 0 Å². The highest BCUT2D eigenvalue weighted by Crippen LogP contribution is 2.39. The fourth-order valence-electron chi connectivity index (χ4n) is 4.13. The van der Waals surface area contributed by atoms with Crippen molar-refractivity contribution in [1.82, 2.24) is 9.80 Å². The Hall–Kier alpha value is -4.00. The Kier molecular flexibility index (Phi) is 5.60. The van der Waals surface area contributed by atoms with E-state index in [9.17, 15) is 4.79 Å². The van der Waals surface area contributed by atoms with Crippen LogP contribution in [-0.4, -0.2) is 61.9 Å². The van der Waals surface area contributed by atoms with E-state index in [1.807, 2.05) is 65.6 Å². The molecular weight excluding hydrogens is 418 g/mol. The predicted molar refractivity (Wildman–Crippen MR) is 126 cm³/mol. The summed E-state index contributed by atoms with van der Waals surface area (Å²) in [5.74, 6) is 3.69. The summed E-state index contributed by atoms with van der Waals surface area (Å²) in [6.45, 7) is 2.51. The number of aliphatic imine (C=N–C) groups is 1. The maximum Gasteiger partial charge on any atom is 0.254 e. The van der Waals surface area contributed by atoms with Gasteiger partial charge in [0.1, 0.15) is 28.8 Å². The van der Waals surface area contributed by atoms with Crippen LogP contribution in [0.1, 0.15) is 15.9 Å². The number of amides is 1. The molecule has 1 fully saturated rings. The lowest BCUT2D eigenvalue weighted by Gasteiger charge is -2.36. The van der Waals surface area contributed by atoms with Gasteiger partial charge < -0.3 is 24.0 Å². The maximum absolute atomic E-state index is 13.0. The van der Waals surface area contributed by atoms with Gasteiger partial charge in [0.15, 0.2) is 5.75 Å². The third kappa shape index (κ3) is 4.09. The second-order valence-electron chi connectivity index (χ2n) is 7.88. The molecule has 168 valence electrons. The number of ether oxygens (including phenoxy) is 3. The van der Waals surface area contributed by atoms with Crippen molar-refractivity contribution in [2.75, 3.05) is 40.4 Å². The molecule has 2 aliphatic rings. The van der Waals surface area contributed by atoms with Crippen LogP contribution in [0.25, 0.3) is 0 Å². The number of rotatable bonds is 3. The zero-order chi connectivity index (χ0) is 22.8. The zero-order valence-corrected chi connectivity index (χ0v) is 18.7. The monoisotopic (exact) mass is 443 g/mol. The van der Waals surface area contributed by atoms with Gasteiger partial charge in [0.05, 0.1) is 19.8 Å². The van der Waals surface area contributed by atoms with E-state index in [1.165, 1.54) is 0 Å². The van der Waals surface area contributed by atoms with Crippen LogP contribution in [0.5, 0.6) is 23.0 Å². The van der Waals surface area contributed by atoms with Crippen LogP contribution >= 0.6 is 0 Å². The fourth-order valence-corrected chi connectivity index (χ4v) is 4.13. The Morgan fingerprint density at radius 1 is 0.848 bits per heavy atom. The second-order valence-corrected chi connectivity index (χ2v) is 7.88. The summed E-state index contributed by atoms with van der Waals surface area (Å²) in [6, 6.07) is 20.8. The van der Waals surface area contributed by atoms with Crippen molar-refractivity contribution < 1.29 is 19.0 Å². The quantitative estimate of drug-likeness (QED) is 0.602. The Morgan fingerprint density at radius 2 is 1.61 bits per heavy atom. The van der Waals surface area contributed by atoms with Crippen LogP contribution in [0, 0.1) is 0 Å². The van der Waals surface area contributed by atoms with Crippen molar-refractivity contribution in [2.45, 2.75) is 0 Å². The highest BCUT2D eigenvalue weighted by atomic mass is 16.5.